The summed E-state index contributed by atoms with van der Waals surface area (Å²) in [6.07, 6.45) is 5.49. The molecule has 0 aromatic heterocycles. The summed E-state index contributed by atoms with van der Waals surface area (Å²) in [5.74, 6) is -0.261. The largest absolute Gasteiger partial charge is 0.325 e. The zero-order chi connectivity index (χ0) is 14.3. The highest BCUT2D eigenvalue weighted by Gasteiger charge is 2.45. The molecule has 0 bridgehead atoms. The van der Waals surface area contributed by atoms with E-state index >= 15 is 0 Å². The number of hydrogen-bond acceptors (Lipinski definition) is 3. The van der Waals surface area contributed by atoms with Crippen LogP contribution in [0.5, 0.6) is 0 Å². The lowest BCUT2D eigenvalue weighted by atomic mass is 9.65. The SMILES string of the molecule is CC1(C2C(=O)Nc3ccc([N+](=O)[O-])cc32)CCCCC1. The number of hydrogen-bond donors (Lipinski definition) is 1. The summed E-state index contributed by atoms with van der Waals surface area (Å²) >= 11 is 0. The van der Waals surface area contributed by atoms with Crippen molar-refractivity contribution in [3.8, 4) is 0 Å². The Labute approximate surface area is 117 Å². The van der Waals surface area contributed by atoms with Gasteiger partial charge < -0.3 is 5.32 Å². The summed E-state index contributed by atoms with van der Waals surface area (Å²) in [4.78, 5) is 22.9. The third kappa shape index (κ3) is 1.97. The Morgan fingerprint density at radius 3 is 2.65 bits per heavy atom. The third-order valence-corrected chi connectivity index (χ3v) is 4.77. The molecule has 1 aliphatic carbocycles. The molecule has 1 saturated carbocycles. The zero-order valence-corrected chi connectivity index (χ0v) is 11.5. The van der Waals surface area contributed by atoms with Crippen molar-refractivity contribution in [2.45, 2.75) is 44.9 Å². The van der Waals surface area contributed by atoms with E-state index in [-0.39, 0.29) is 22.9 Å². The molecule has 1 aromatic rings. The van der Waals surface area contributed by atoms with Crippen molar-refractivity contribution in [3.05, 3.63) is 33.9 Å². The number of carbonyl (C=O) groups excluding carboxylic acids is 1. The number of rotatable bonds is 2. The maximum absolute atomic E-state index is 12.3. The van der Waals surface area contributed by atoms with Crippen molar-refractivity contribution in [2.75, 3.05) is 5.32 Å². The lowest BCUT2D eigenvalue weighted by Gasteiger charge is -2.37. The molecule has 1 amide bonds. The van der Waals surface area contributed by atoms with E-state index in [0.29, 0.717) is 0 Å². The van der Waals surface area contributed by atoms with Crippen LogP contribution in [-0.2, 0) is 4.79 Å². The molecule has 5 nitrogen and oxygen atoms in total. The van der Waals surface area contributed by atoms with Crippen LogP contribution >= 0.6 is 0 Å². The number of non-ortho nitro benzene ring substituents is 1. The van der Waals surface area contributed by atoms with Crippen LogP contribution in [-0.4, -0.2) is 10.8 Å². The van der Waals surface area contributed by atoms with Gasteiger partial charge in [-0.1, -0.05) is 26.2 Å². The van der Waals surface area contributed by atoms with Gasteiger partial charge in [0.15, 0.2) is 0 Å². The van der Waals surface area contributed by atoms with Crippen molar-refractivity contribution in [2.24, 2.45) is 5.41 Å². The van der Waals surface area contributed by atoms with Crippen LogP contribution in [0.1, 0.15) is 50.5 Å². The predicted molar refractivity (Wildman–Crippen MR) is 75.7 cm³/mol. The van der Waals surface area contributed by atoms with E-state index in [1.54, 1.807) is 12.1 Å². The lowest BCUT2D eigenvalue weighted by Crippen LogP contribution is -2.32. The van der Waals surface area contributed by atoms with Crippen LogP contribution in [0.2, 0.25) is 0 Å². The Morgan fingerprint density at radius 2 is 2.00 bits per heavy atom. The Balaban J connectivity index is 2.03. The second-order valence-electron chi connectivity index (χ2n) is 6.17. The molecule has 1 fully saturated rings. The normalized spacial score (nSPS) is 24.1. The summed E-state index contributed by atoms with van der Waals surface area (Å²) in [5, 5.41) is 13.8. The molecule has 2 aliphatic rings. The van der Waals surface area contributed by atoms with Crippen LogP contribution < -0.4 is 5.32 Å². The van der Waals surface area contributed by atoms with Gasteiger partial charge in [-0.05, 0) is 29.9 Å². The summed E-state index contributed by atoms with van der Waals surface area (Å²) in [7, 11) is 0. The first-order chi connectivity index (χ1) is 9.51. The molecule has 1 atom stereocenters. The van der Waals surface area contributed by atoms with Gasteiger partial charge in [-0.3, -0.25) is 14.9 Å². The molecule has 0 spiro atoms. The second kappa shape index (κ2) is 4.58. The van der Waals surface area contributed by atoms with Gasteiger partial charge in [0.05, 0.1) is 10.8 Å². The fourth-order valence-electron chi connectivity index (χ4n) is 3.70. The zero-order valence-electron chi connectivity index (χ0n) is 11.5. The molecule has 0 saturated heterocycles. The Morgan fingerprint density at radius 1 is 1.30 bits per heavy atom. The Kier molecular flexibility index (Phi) is 3.00. The minimum absolute atomic E-state index is 0.00935. The van der Waals surface area contributed by atoms with Crippen LogP contribution in [0.25, 0.3) is 0 Å². The fourth-order valence-corrected chi connectivity index (χ4v) is 3.70. The van der Waals surface area contributed by atoms with E-state index in [0.717, 1.165) is 36.9 Å². The summed E-state index contributed by atoms with van der Waals surface area (Å²) in [6, 6.07) is 4.67. The highest BCUT2D eigenvalue weighted by molar-refractivity contribution is 6.03. The van der Waals surface area contributed by atoms with Crippen molar-refractivity contribution in [3.63, 3.8) is 0 Å². The number of fused-ring (bicyclic) bond motifs is 1. The topological polar surface area (TPSA) is 72.2 Å². The lowest BCUT2D eigenvalue weighted by molar-refractivity contribution is -0.384. The molecule has 1 N–H and O–H groups in total. The Hall–Kier alpha value is -1.91. The van der Waals surface area contributed by atoms with E-state index < -0.39 is 4.92 Å². The predicted octanol–water partition coefficient (Wildman–Crippen LogP) is 3.60. The van der Waals surface area contributed by atoms with E-state index in [1.807, 2.05) is 0 Å². The number of amides is 1. The first-order valence-corrected chi connectivity index (χ1v) is 7.10. The molecule has 3 rings (SSSR count). The average molecular weight is 274 g/mol. The third-order valence-electron chi connectivity index (χ3n) is 4.77. The van der Waals surface area contributed by atoms with Gasteiger partial charge in [0, 0.05) is 17.8 Å². The van der Waals surface area contributed by atoms with Crippen LogP contribution in [0.4, 0.5) is 11.4 Å². The minimum atomic E-state index is -0.399. The van der Waals surface area contributed by atoms with Gasteiger partial charge in [-0.2, -0.15) is 0 Å². The van der Waals surface area contributed by atoms with E-state index in [2.05, 4.69) is 12.2 Å². The van der Waals surface area contributed by atoms with Gasteiger partial charge in [0.2, 0.25) is 5.91 Å². The van der Waals surface area contributed by atoms with Crippen molar-refractivity contribution < 1.29 is 9.72 Å². The van der Waals surface area contributed by atoms with E-state index in [9.17, 15) is 14.9 Å². The minimum Gasteiger partial charge on any atom is -0.325 e. The average Bonchev–Trinajstić information content (AvgIpc) is 2.74. The molecule has 1 aliphatic heterocycles. The van der Waals surface area contributed by atoms with Crippen molar-refractivity contribution in [1.29, 1.82) is 0 Å². The van der Waals surface area contributed by atoms with E-state index in [4.69, 9.17) is 0 Å². The van der Waals surface area contributed by atoms with Crippen LogP contribution in [0, 0.1) is 15.5 Å². The molecular weight excluding hydrogens is 256 g/mol. The van der Waals surface area contributed by atoms with Crippen molar-refractivity contribution >= 4 is 17.3 Å². The highest BCUT2D eigenvalue weighted by Crippen LogP contribution is 2.51. The summed E-state index contributed by atoms with van der Waals surface area (Å²) < 4.78 is 0. The maximum atomic E-state index is 12.3. The Bertz CT molecular complexity index is 576. The standard InChI is InChI=1S/C15H18N2O3/c1-15(7-3-2-4-8-15)13-11-9-10(17(19)20)5-6-12(11)16-14(13)18/h5-6,9,13H,2-4,7-8H2,1H3,(H,16,18). The van der Waals surface area contributed by atoms with Gasteiger partial charge in [0.1, 0.15) is 0 Å². The maximum Gasteiger partial charge on any atom is 0.269 e. The van der Waals surface area contributed by atoms with Gasteiger partial charge >= 0.3 is 0 Å². The molecule has 1 heterocycles. The molecule has 1 unspecified atom stereocenters. The number of anilines is 1. The molecular formula is C15H18N2O3. The first kappa shape index (κ1) is 13.1. The van der Waals surface area contributed by atoms with Crippen LogP contribution in [0.15, 0.2) is 18.2 Å². The van der Waals surface area contributed by atoms with Crippen LogP contribution in [0.3, 0.4) is 0 Å². The second-order valence-corrected chi connectivity index (χ2v) is 6.17. The van der Waals surface area contributed by atoms with E-state index in [1.165, 1.54) is 12.5 Å². The smallest absolute Gasteiger partial charge is 0.269 e. The molecule has 20 heavy (non-hydrogen) atoms. The number of nitro groups is 1. The monoisotopic (exact) mass is 274 g/mol. The number of nitrogens with one attached hydrogen (secondary N) is 1. The fraction of sp³-hybridized carbons (Fsp3) is 0.533. The molecule has 0 radical (unpaired) electrons. The highest BCUT2D eigenvalue weighted by atomic mass is 16.6. The number of nitro benzene ring substituents is 1. The number of nitrogens with zero attached hydrogens (tertiary/aromatic N) is 1. The van der Waals surface area contributed by atoms with Crippen molar-refractivity contribution in [1.82, 2.24) is 0 Å². The van der Waals surface area contributed by atoms with Gasteiger partial charge in [-0.25, -0.2) is 0 Å². The summed E-state index contributed by atoms with van der Waals surface area (Å²) in [5.41, 5.74) is 1.51. The first-order valence-electron chi connectivity index (χ1n) is 7.10. The molecule has 106 valence electrons. The van der Waals surface area contributed by atoms with Gasteiger partial charge in [-0.15, -0.1) is 0 Å². The number of carbonyl (C=O) groups is 1. The molecule has 1 aromatic carbocycles. The molecule has 5 heteroatoms. The van der Waals surface area contributed by atoms with Gasteiger partial charge in [0.25, 0.3) is 5.69 Å². The quantitative estimate of drug-likeness (QED) is 0.661. The summed E-state index contributed by atoms with van der Waals surface area (Å²) in [6.45, 7) is 2.14. The number of benzene rings is 1.